The second-order valence-electron chi connectivity index (χ2n) is 4.87. The Morgan fingerprint density at radius 1 is 1.42 bits per heavy atom. The van der Waals surface area contributed by atoms with E-state index >= 15 is 0 Å². The molecule has 0 bridgehead atoms. The van der Waals surface area contributed by atoms with Gasteiger partial charge in [0.15, 0.2) is 0 Å². The number of thiazole rings is 1. The van der Waals surface area contributed by atoms with Gasteiger partial charge >= 0.3 is 0 Å². The highest BCUT2D eigenvalue weighted by molar-refractivity contribution is 7.09. The maximum absolute atomic E-state index is 10.0. The molecular formula is C15H18N2OS. The topological polar surface area (TPSA) is 36.4 Å². The molecule has 1 aromatic carbocycles. The van der Waals surface area contributed by atoms with Crippen LogP contribution in [0.3, 0.4) is 0 Å². The van der Waals surface area contributed by atoms with Crippen LogP contribution in [0.5, 0.6) is 0 Å². The van der Waals surface area contributed by atoms with E-state index in [0.29, 0.717) is 0 Å². The molecule has 100 valence electrons. The van der Waals surface area contributed by atoms with Crippen molar-refractivity contribution in [1.82, 2.24) is 4.98 Å². The summed E-state index contributed by atoms with van der Waals surface area (Å²) < 4.78 is 0. The molecule has 0 spiro atoms. The van der Waals surface area contributed by atoms with Crippen molar-refractivity contribution in [2.24, 2.45) is 0 Å². The molecule has 4 heteroatoms. The van der Waals surface area contributed by atoms with Crippen LogP contribution in [0.25, 0.3) is 0 Å². The Kier molecular flexibility index (Phi) is 3.53. The van der Waals surface area contributed by atoms with Gasteiger partial charge in [-0.25, -0.2) is 4.98 Å². The first-order valence-electron chi connectivity index (χ1n) is 6.73. The third kappa shape index (κ3) is 2.51. The van der Waals surface area contributed by atoms with E-state index in [4.69, 9.17) is 0 Å². The van der Waals surface area contributed by atoms with Gasteiger partial charge in [-0.15, -0.1) is 11.3 Å². The van der Waals surface area contributed by atoms with Crippen molar-refractivity contribution in [2.45, 2.75) is 32.4 Å². The van der Waals surface area contributed by atoms with E-state index in [1.54, 1.807) is 11.3 Å². The van der Waals surface area contributed by atoms with Crippen molar-refractivity contribution < 1.29 is 5.11 Å². The fourth-order valence-electron chi connectivity index (χ4n) is 2.56. The highest BCUT2D eigenvalue weighted by Crippen LogP contribution is 2.34. The lowest BCUT2D eigenvalue weighted by Gasteiger charge is -2.33. The SMILES string of the molecule is CCc1nc(CN2CCC(O)c3ccccc32)cs1. The molecule has 0 radical (unpaired) electrons. The third-order valence-electron chi connectivity index (χ3n) is 3.56. The van der Waals surface area contributed by atoms with E-state index in [1.165, 1.54) is 5.01 Å². The molecule has 1 aliphatic rings. The fourth-order valence-corrected chi connectivity index (χ4v) is 3.29. The summed E-state index contributed by atoms with van der Waals surface area (Å²) in [5.41, 5.74) is 3.32. The van der Waals surface area contributed by atoms with Gasteiger partial charge in [0.25, 0.3) is 0 Å². The summed E-state index contributed by atoms with van der Waals surface area (Å²) in [6.45, 7) is 3.85. The van der Waals surface area contributed by atoms with Crippen molar-refractivity contribution in [3.63, 3.8) is 0 Å². The number of benzene rings is 1. The number of hydrogen-bond acceptors (Lipinski definition) is 4. The third-order valence-corrected chi connectivity index (χ3v) is 4.61. The normalized spacial score (nSPS) is 18.4. The molecule has 1 unspecified atom stereocenters. The number of aryl methyl sites for hydroxylation is 1. The summed E-state index contributed by atoms with van der Waals surface area (Å²) in [4.78, 5) is 6.95. The van der Waals surface area contributed by atoms with Gasteiger partial charge in [-0.1, -0.05) is 25.1 Å². The molecule has 0 fully saturated rings. The molecule has 2 aromatic rings. The zero-order valence-electron chi connectivity index (χ0n) is 11.0. The lowest BCUT2D eigenvalue weighted by atomic mass is 9.99. The summed E-state index contributed by atoms with van der Waals surface area (Å²) in [6, 6.07) is 8.13. The number of aromatic nitrogens is 1. The average Bonchev–Trinajstić information content (AvgIpc) is 2.90. The average molecular weight is 274 g/mol. The number of rotatable bonds is 3. The first kappa shape index (κ1) is 12.6. The molecule has 2 heterocycles. The van der Waals surface area contributed by atoms with Gasteiger partial charge in [0, 0.05) is 23.2 Å². The summed E-state index contributed by atoms with van der Waals surface area (Å²) >= 11 is 1.73. The van der Waals surface area contributed by atoms with Gasteiger partial charge in [0.2, 0.25) is 0 Å². The quantitative estimate of drug-likeness (QED) is 0.934. The molecule has 3 rings (SSSR count). The van der Waals surface area contributed by atoms with Crippen molar-refractivity contribution in [3.05, 3.63) is 45.9 Å². The van der Waals surface area contributed by atoms with Crippen molar-refractivity contribution in [1.29, 1.82) is 0 Å². The van der Waals surface area contributed by atoms with Crippen LogP contribution in [0.15, 0.2) is 29.6 Å². The number of aliphatic hydroxyl groups excluding tert-OH is 1. The molecule has 0 aliphatic carbocycles. The predicted octanol–water partition coefficient (Wildman–Crippen LogP) is 3.15. The van der Waals surface area contributed by atoms with Crippen LogP contribution in [0.2, 0.25) is 0 Å². The molecule has 1 N–H and O–H groups in total. The van der Waals surface area contributed by atoms with E-state index in [0.717, 1.165) is 42.9 Å². The van der Waals surface area contributed by atoms with E-state index in [2.05, 4.69) is 28.3 Å². The van der Waals surface area contributed by atoms with Crippen molar-refractivity contribution in [2.75, 3.05) is 11.4 Å². The minimum atomic E-state index is -0.325. The van der Waals surface area contributed by atoms with Crippen molar-refractivity contribution in [3.8, 4) is 0 Å². The highest BCUT2D eigenvalue weighted by atomic mass is 32.1. The van der Waals surface area contributed by atoms with Crippen LogP contribution < -0.4 is 4.90 Å². The van der Waals surface area contributed by atoms with Crippen LogP contribution in [0.4, 0.5) is 5.69 Å². The second-order valence-corrected chi connectivity index (χ2v) is 5.81. The minimum Gasteiger partial charge on any atom is -0.388 e. The van der Waals surface area contributed by atoms with E-state index < -0.39 is 0 Å². The number of nitrogens with zero attached hydrogens (tertiary/aromatic N) is 2. The van der Waals surface area contributed by atoms with Crippen LogP contribution in [0, 0.1) is 0 Å². The molecule has 1 aliphatic heterocycles. The van der Waals surface area contributed by atoms with Gasteiger partial charge in [0.1, 0.15) is 0 Å². The number of para-hydroxylation sites is 1. The summed E-state index contributed by atoms with van der Waals surface area (Å²) in [6.07, 6.45) is 1.47. The smallest absolute Gasteiger partial charge is 0.0926 e. The molecule has 3 nitrogen and oxygen atoms in total. The van der Waals surface area contributed by atoms with Gasteiger partial charge in [-0.3, -0.25) is 0 Å². The van der Waals surface area contributed by atoms with Gasteiger partial charge in [-0.05, 0) is 18.9 Å². The van der Waals surface area contributed by atoms with Gasteiger partial charge in [0.05, 0.1) is 23.4 Å². The predicted molar refractivity (Wildman–Crippen MR) is 78.6 cm³/mol. The number of hydrogen-bond donors (Lipinski definition) is 1. The molecule has 1 atom stereocenters. The maximum atomic E-state index is 10.0. The number of aliphatic hydroxyl groups is 1. The van der Waals surface area contributed by atoms with Gasteiger partial charge < -0.3 is 10.0 Å². The number of fused-ring (bicyclic) bond motifs is 1. The van der Waals surface area contributed by atoms with E-state index in [-0.39, 0.29) is 6.10 Å². The first-order chi connectivity index (χ1) is 9.28. The standard InChI is InChI=1S/C15H18N2OS/c1-2-15-16-11(10-19-15)9-17-8-7-14(18)12-5-3-4-6-13(12)17/h3-6,10,14,18H,2,7-9H2,1H3. The Labute approximate surface area is 117 Å². The molecule has 0 amide bonds. The van der Waals surface area contributed by atoms with Crippen LogP contribution in [-0.2, 0) is 13.0 Å². The summed E-state index contributed by atoms with van der Waals surface area (Å²) in [5.74, 6) is 0. The molecule has 1 aromatic heterocycles. The zero-order chi connectivity index (χ0) is 13.2. The molecule has 0 saturated carbocycles. The first-order valence-corrected chi connectivity index (χ1v) is 7.61. The van der Waals surface area contributed by atoms with Crippen LogP contribution in [0.1, 0.15) is 35.7 Å². The number of anilines is 1. The Morgan fingerprint density at radius 2 is 2.26 bits per heavy atom. The molecule has 0 saturated heterocycles. The van der Waals surface area contributed by atoms with Gasteiger partial charge in [-0.2, -0.15) is 0 Å². The monoisotopic (exact) mass is 274 g/mol. The van der Waals surface area contributed by atoms with Crippen molar-refractivity contribution >= 4 is 17.0 Å². The minimum absolute atomic E-state index is 0.325. The highest BCUT2D eigenvalue weighted by Gasteiger charge is 2.23. The summed E-state index contributed by atoms with van der Waals surface area (Å²) in [7, 11) is 0. The molecule has 19 heavy (non-hydrogen) atoms. The van der Waals surface area contributed by atoms with Crippen LogP contribution >= 0.6 is 11.3 Å². The van der Waals surface area contributed by atoms with E-state index in [1.807, 2.05) is 18.2 Å². The maximum Gasteiger partial charge on any atom is 0.0926 e. The Hall–Kier alpha value is -1.39. The Morgan fingerprint density at radius 3 is 3.05 bits per heavy atom. The largest absolute Gasteiger partial charge is 0.388 e. The lowest BCUT2D eigenvalue weighted by Crippen LogP contribution is -2.30. The lowest BCUT2D eigenvalue weighted by molar-refractivity contribution is 0.164. The Bertz CT molecular complexity index is 567. The zero-order valence-corrected chi connectivity index (χ0v) is 11.9. The Balaban J connectivity index is 1.84. The van der Waals surface area contributed by atoms with E-state index in [9.17, 15) is 5.11 Å². The molecular weight excluding hydrogens is 256 g/mol. The summed E-state index contributed by atoms with van der Waals surface area (Å²) in [5, 5.41) is 13.4. The fraction of sp³-hybridized carbons (Fsp3) is 0.400. The second kappa shape index (κ2) is 5.31. The van der Waals surface area contributed by atoms with Crippen LogP contribution in [-0.4, -0.2) is 16.6 Å².